The molecule has 0 saturated carbocycles. The molecule has 1 aromatic carbocycles. The first kappa shape index (κ1) is 17.4. The quantitative estimate of drug-likeness (QED) is 0.897. The van der Waals surface area contributed by atoms with Gasteiger partial charge in [0.25, 0.3) is 0 Å². The summed E-state index contributed by atoms with van der Waals surface area (Å²) >= 11 is 0. The number of rotatable bonds is 4. The molecule has 2 aromatic rings. The largest absolute Gasteiger partial charge is 0.352 e. The van der Waals surface area contributed by atoms with Gasteiger partial charge in [0, 0.05) is 24.9 Å². The SMILES string of the molecule is Cl.O=C(NCc1ccc(-n2ccnc2)c(F)c1)C1CCNCC1. The minimum Gasteiger partial charge on any atom is -0.352 e. The standard InChI is InChI=1S/C16H19FN4O.ClH/c17-14-9-12(1-2-15(14)21-8-7-19-11-21)10-20-16(22)13-3-5-18-6-4-13;/h1-2,7-9,11,13,18H,3-6,10H2,(H,20,22);1H. The predicted molar refractivity (Wildman–Crippen MR) is 88.2 cm³/mol. The third kappa shape index (κ3) is 4.30. The molecule has 5 nitrogen and oxygen atoms in total. The molecule has 2 heterocycles. The molecule has 1 aliphatic rings. The molecular formula is C16H20ClFN4O. The molecule has 0 atom stereocenters. The first-order chi connectivity index (χ1) is 10.7. The Morgan fingerprint density at radius 2 is 2.17 bits per heavy atom. The second-order valence-electron chi connectivity index (χ2n) is 5.50. The van der Waals surface area contributed by atoms with Crippen LogP contribution in [0.2, 0.25) is 0 Å². The van der Waals surface area contributed by atoms with Crippen molar-refractivity contribution < 1.29 is 9.18 Å². The van der Waals surface area contributed by atoms with Crippen LogP contribution in [0, 0.1) is 11.7 Å². The van der Waals surface area contributed by atoms with Crippen molar-refractivity contribution in [3.8, 4) is 5.69 Å². The summed E-state index contributed by atoms with van der Waals surface area (Å²) in [6.07, 6.45) is 6.57. The van der Waals surface area contributed by atoms with E-state index in [1.807, 2.05) is 6.07 Å². The lowest BCUT2D eigenvalue weighted by molar-refractivity contribution is -0.125. The lowest BCUT2D eigenvalue weighted by atomic mass is 9.97. The number of amides is 1. The van der Waals surface area contributed by atoms with Crippen LogP contribution in [0.15, 0.2) is 36.9 Å². The topological polar surface area (TPSA) is 59.0 Å². The zero-order valence-electron chi connectivity index (χ0n) is 12.7. The fourth-order valence-electron chi connectivity index (χ4n) is 2.69. The molecule has 1 saturated heterocycles. The molecule has 0 bridgehead atoms. The lowest BCUT2D eigenvalue weighted by Gasteiger charge is -2.21. The number of hydrogen-bond donors (Lipinski definition) is 2. The first-order valence-electron chi connectivity index (χ1n) is 7.49. The van der Waals surface area contributed by atoms with Crippen molar-refractivity contribution in [1.82, 2.24) is 20.2 Å². The summed E-state index contributed by atoms with van der Waals surface area (Å²) in [5.41, 5.74) is 1.20. The smallest absolute Gasteiger partial charge is 0.223 e. The molecule has 2 N–H and O–H groups in total. The highest BCUT2D eigenvalue weighted by Gasteiger charge is 2.20. The van der Waals surface area contributed by atoms with Crippen molar-refractivity contribution in [3.05, 3.63) is 48.3 Å². The minimum absolute atomic E-state index is 0. The number of carbonyl (C=O) groups is 1. The van der Waals surface area contributed by atoms with E-state index in [0.717, 1.165) is 31.5 Å². The molecule has 1 aromatic heterocycles. The molecule has 0 aliphatic carbocycles. The average molecular weight is 339 g/mol. The number of halogens is 2. The Labute approximate surface area is 140 Å². The van der Waals surface area contributed by atoms with Crippen molar-refractivity contribution in [1.29, 1.82) is 0 Å². The molecular weight excluding hydrogens is 319 g/mol. The summed E-state index contributed by atoms with van der Waals surface area (Å²) < 4.78 is 15.7. The third-order valence-electron chi connectivity index (χ3n) is 3.97. The Hall–Kier alpha value is -1.92. The zero-order valence-corrected chi connectivity index (χ0v) is 13.5. The van der Waals surface area contributed by atoms with Gasteiger partial charge < -0.3 is 15.2 Å². The molecule has 0 spiro atoms. The summed E-state index contributed by atoms with van der Waals surface area (Å²) in [4.78, 5) is 16.0. The molecule has 23 heavy (non-hydrogen) atoms. The molecule has 124 valence electrons. The Morgan fingerprint density at radius 1 is 1.39 bits per heavy atom. The summed E-state index contributed by atoms with van der Waals surface area (Å²) in [6.45, 7) is 2.11. The summed E-state index contributed by atoms with van der Waals surface area (Å²) in [5.74, 6) is -0.205. The highest BCUT2D eigenvalue weighted by atomic mass is 35.5. The summed E-state index contributed by atoms with van der Waals surface area (Å²) in [6, 6.07) is 4.97. The van der Waals surface area contributed by atoms with Crippen LogP contribution in [0.3, 0.4) is 0 Å². The predicted octanol–water partition coefficient (Wildman–Crippen LogP) is 2.05. The maximum absolute atomic E-state index is 14.1. The fourth-order valence-corrected chi connectivity index (χ4v) is 2.69. The Bertz CT molecular complexity index is 642. The number of nitrogens with zero attached hydrogens (tertiary/aromatic N) is 2. The molecule has 1 amide bonds. The Kier molecular flexibility index (Phi) is 6.12. The summed E-state index contributed by atoms with van der Waals surface area (Å²) in [5, 5.41) is 6.13. The van der Waals surface area contributed by atoms with Gasteiger partial charge in [-0.3, -0.25) is 4.79 Å². The molecule has 0 radical (unpaired) electrons. The Balaban J connectivity index is 0.00000192. The number of carbonyl (C=O) groups excluding carboxylic acids is 1. The van der Waals surface area contributed by atoms with E-state index in [1.165, 1.54) is 6.07 Å². The van der Waals surface area contributed by atoms with Gasteiger partial charge in [-0.1, -0.05) is 6.07 Å². The molecule has 1 aliphatic heterocycles. The van der Waals surface area contributed by atoms with Gasteiger partial charge in [-0.25, -0.2) is 9.37 Å². The van der Waals surface area contributed by atoms with Gasteiger partial charge in [-0.2, -0.15) is 0 Å². The number of benzene rings is 1. The van der Waals surface area contributed by atoms with E-state index in [1.54, 1.807) is 29.4 Å². The van der Waals surface area contributed by atoms with Gasteiger partial charge >= 0.3 is 0 Å². The van der Waals surface area contributed by atoms with Gasteiger partial charge in [0.1, 0.15) is 5.82 Å². The second-order valence-corrected chi connectivity index (χ2v) is 5.50. The lowest BCUT2D eigenvalue weighted by Crippen LogP contribution is -2.37. The fraction of sp³-hybridized carbons (Fsp3) is 0.375. The average Bonchev–Trinajstić information content (AvgIpc) is 3.07. The molecule has 3 rings (SSSR count). The van der Waals surface area contributed by atoms with Gasteiger partial charge in [0.05, 0.1) is 12.0 Å². The van der Waals surface area contributed by atoms with E-state index < -0.39 is 0 Å². The van der Waals surface area contributed by atoms with Crippen molar-refractivity contribution in [3.63, 3.8) is 0 Å². The van der Waals surface area contributed by atoms with Gasteiger partial charge in [0.2, 0.25) is 5.91 Å². The van der Waals surface area contributed by atoms with Crippen molar-refractivity contribution in [2.45, 2.75) is 19.4 Å². The van der Waals surface area contributed by atoms with Gasteiger partial charge in [-0.15, -0.1) is 12.4 Å². The maximum atomic E-state index is 14.1. The van der Waals surface area contributed by atoms with Crippen LogP contribution in [0.5, 0.6) is 0 Å². The van der Waals surface area contributed by atoms with Crippen LogP contribution < -0.4 is 10.6 Å². The highest BCUT2D eigenvalue weighted by molar-refractivity contribution is 5.85. The normalized spacial score (nSPS) is 15.0. The molecule has 7 heteroatoms. The Morgan fingerprint density at radius 3 is 2.83 bits per heavy atom. The number of imidazole rings is 1. The van der Waals surface area contributed by atoms with E-state index in [-0.39, 0.29) is 30.0 Å². The highest BCUT2D eigenvalue weighted by Crippen LogP contribution is 2.16. The number of hydrogen-bond acceptors (Lipinski definition) is 3. The zero-order chi connectivity index (χ0) is 15.4. The molecule has 0 unspecified atom stereocenters. The van der Waals surface area contributed by atoms with Crippen LogP contribution in [0.1, 0.15) is 18.4 Å². The van der Waals surface area contributed by atoms with Crippen molar-refractivity contribution in [2.24, 2.45) is 5.92 Å². The van der Waals surface area contributed by atoms with Gasteiger partial charge in [0.15, 0.2) is 0 Å². The van der Waals surface area contributed by atoms with Gasteiger partial charge in [-0.05, 0) is 43.6 Å². The summed E-state index contributed by atoms with van der Waals surface area (Å²) in [7, 11) is 0. The van der Waals surface area contributed by atoms with Crippen molar-refractivity contribution >= 4 is 18.3 Å². The van der Waals surface area contributed by atoms with Crippen LogP contribution in [0.4, 0.5) is 4.39 Å². The monoisotopic (exact) mass is 338 g/mol. The van der Waals surface area contributed by atoms with E-state index >= 15 is 0 Å². The van der Waals surface area contributed by atoms with E-state index in [0.29, 0.717) is 12.2 Å². The van der Waals surface area contributed by atoms with E-state index in [2.05, 4.69) is 15.6 Å². The number of piperidine rings is 1. The third-order valence-corrected chi connectivity index (χ3v) is 3.97. The second kappa shape index (κ2) is 8.08. The number of aromatic nitrogens is 2. The van der Waals surface area contributed by atoms with E-state index in [9.17, 15) is 9.18 Å². The minimum atomic E-state index is -0.327. The first-order valence-corrected chi connectivity index (χ1v) is 7.49. The van der Waals surface area contributed by atoms with Crippen LogP contribution in [0.25, 0.3) is 5.69 Å². The van der Waals surface area contributed by atoms with E-state index in [4.69, 9.17) is 0 Å². The number of nitrogens with one attached hydrogen (secondary N) is 2. The molecule has 1 fully saturated rings. The van der Waals surface area contributed by atoms with Crippen LogP contribution in [-0.4, -0.2) is 28.5 Å². The van der Waals surface area contributed by atoms with Crippen molar-refractivity contribution in [2.75, 3.05) is 13.1 Å². The van der Waals surface area contributed by atoms with Crippen LogP contribution in [-0.2, 0) is 11.3 Å². The maximum Gasteiger partial charge on any atom is 0.223 e. The van der Waals surface area contributed by atoms with Crippen LogP contribution >= 0.6 is 12.4 Å².